The van der Waals surface area contributed by atoms with Crippen LogP contribution < -0.4 is 0 Å². The summed E-state index contributed by atoms with van der Waals surface area (Å²) in [7, 11) is 0. The van der Waals surface area contributed by atoms with E-state index in [2.05, 4.69) is 10.1 Å². The molecule has 0 radical (unpaired) electrons. The fraction of sp³-hybridized carbons (Fsp3) is 0.400. The maximum absolute atomic E-state index is 14.2. The number of hydrogen-bond acceptors (Lipinski definition) is 3. The van der Waals surface area contributed by atoms with E-state index < -0.39 is 55.0 Å². The third-order valence-electron chi connectivity index (χ3n) is 4.21. The second-order valence-corrected chi connectivity index (χ2v) is 6.06. The third kappa shape index (κ3) is 2.26. The number of carbonyl (C=O) groups excluding carboxylic acids is 1. The highest BCUT2D eigenvalue weighted by Gasteiger charge is 2.51. The second-order valence-electron chi connectivity index (χ2n) is 6.06. The first-order valence-electron chi connectivity index (χ1n) is 7.34. The highest BCUT2D eigenvalue weighted by molar-refractivity contribution is 5.91. The molecule has 0 spiro atoms. The van der Waals surface area contributed by atoms with Gasteiger partial charge >= 0.3 is 5.92 Å². The molecule has 0 aliphatic carbocycles. The summed E-state index contributed by atoms with van der Waals surface area (Å²) in [6.07, 6.45) is -0.497. The fourth-order valence-corrected chi connectivity index (χ4v) is 3.03. The molecule has 4 rings (SSSR count). The van der Waals surface area contributed by atoms with Gasteiger partial charge < -0.3 is 4.90 Å². The van der Waals surface area contributed by atoms with E-state index in [1.807, 2.05) is 0 Å². The molecule has 2 aromatic rings. The number of aromatic nitrogens is 3. The van der Waals surface area contributed by atoms with Gasteiger partial charge in [-0.05, 0) is 5.56 Å². The highest BCUT2D eigenvalue weighted by atomic mass is 19.3. The van der Waals surface area contributed by atoms with Crippen LogP contribution >= 0.6 is 0 Å². The van der Waals surface area contributed by atoms with Crippen LogP contribution in [0.25, 0.3) is 0 Å². The van der Waals surface area contributed by atoms with Crippen molar-refractivity contribution in [2.45, 2.75) is 24.3 Å². The summed E-state index contributed by atoms with van der Waals surface area (Å²) >= 11 is 0. The summed E-state index contributed by atoms with van der Waals surface area (Å²) in [4.78, 5) is 16.6. The number of nitrogens with zero attached hydrogens (tertiary/aromatic N) is 4. The standard InChI is InChI=1S/C15H12F4N4O/c16-14(17)7-22(8-14)12(24)11-20-13-15(18,19)6-10(23(13)21-11)9-4-2-1-3-5-9/h1-5,10H,6-8H2/t10-/m0/s1. The van der Waals surface area contributed by atoms with E-state index in [0.717, 1.165) is 9.58 Å². The van der Waals surface area contributed by atoms with Crippen molar-refractivity contribution in [2.75, 3.05) is 13.1 Å². The molecule has 2 aliphatic heterocycles. The molecular weight excluding hydrogens is 328 g/mol. The molecule has 5 nitrogen and oxygen atoms in total. The van der Waals surface area contributed by atoms with E-state index in [4.69, 9.17) is 0 Å². The van der Waals surface area contributed by atoms with Crippen molar-refractivity contribution in [2.24, 2.45) is 0 Å². The molecule has 3 heterocycles. The molecule has 1 aromatic carbocycles. The van der Waals surface area contributed by atoms with Crippen LogP contribution in [0.1, 0.15) is 34.5 Å². The molecule has 1 amide bonds. The summed E-state index contributed by atoms with van der Waals surface area (Å²) in [5.74, 6) is -8.10. The Balaban J connectivity index is 1.67. The van der Waals surface area contributed by atoms with E-state index in [1.165, 1.54) is 0 Å². The number of carbonyl (C=O) groups is 1. The summed E-state index contributed by atoms with van der Waals surface area (Å²) in [6, 6.07) is 7.83. The maximum Gasteiger partial charge on any atom is 0.308 e. The van der Waals surface area contributed by atoms with Gasteiger partial charge in [0.05, 0.1) is 19.1 Å². The highest BCUT2D eigenvalue weighted by Crippen LogP contribution is 2.45. The molecule has 0 unspecified atom stereocenters. The predicted molar refractivity (Wildman–Crippen MR) is 74.0 cm³/mol. The average molecular weight is 340 g/mol. The lowest BCUT2D eigenvalue weighted by molar-refractivity contribution is -0.113. The average Bonchev–Trinajstić information content (AvgIpc) is 3.05. The van der Waals surface area contributed by atoms with Gasteiger partial charge in [0.25, 0.3) is 11.8 Å². The van der Waals surface area contributed by atoms with E-state index >= 15 is 0 Å². The lowest BCUT2D eigenvalue weighted by atomic mass is 10.0. The van der Waals surface area contributed by atoms with Crippen molar-refractivity contribution < 1.29 is 22.4 Å². The molecule has 2 aliphatic rings. The van der Waals surface area contributed by atoms with E-state index in [-0.39, 0.29) is 0 Å². The van der Waals surface area contributed by atoms with Gasteiger partial charge in [-0.2, -0.15) is 8.78 Å². The quantitative estimate of drug-likeness (QED) is 0.789. The molecule has 0 saturated carbocycles. The normalized spacial score (nSPS) is 23.7. The summed E-state index contributed by atoms with van der Waals surface area (Å²) in [5.41, 5.74) is 0.621. The number of rotatable bonds is 2. The molecule has 0 N–H and O–H groups in total. The minimum Gasteiger partial charge on any atom is -0.324 e. The zero-order valence-electron chi connectivity index (χ0n) is 12.3. The molecule has 1 atom stereocenters. The van der Waals surface area contributed by atoms with E-state index in [1.54, 1.807) is 30.3 Å². The van der Waals surface area contributed by atoms with Gasteiger partial charge in [-0.25, -0.2) is 18.4 Å². The molecule has 0 bridgehead atoms. The van der Waals surface area contributed by atoms with Crippen LogP contribution in [-0.2, 0) is 5.92 Å². The van der Waals surface area contributed by atoms with Gasteiger partial charge in [-0.1, -0.05) is 30.3 Å². The van der Waals surface area contributed by atoms with Crippen molar-refractivity contribution in [3.63, 3.8) is 0 Å². The Hall–Kier alpha value is -2.45. The Labute approximate surface area is 133 Å². The van der Waals surface area contributed by atoms with E-state index in [9.17, 15) is 22.4 Å². The minimum absolute atomic E-state index is 0.471. The fourth-order valence-electron chi connectivity index (χ4n) is 3.03. The van der Waals surface area contributed by atoms with Crippen LogP contribution in [0.5, 0.6) is 0 Å². The van der Waals surface area contributed by atoms with Crippen LogP contribution in [-0.4, -0.2) is 44.6 Å². The number of likely N-dealkylation sites (tertiary alicyclic amines) is 1. The third-order valence-corrected chi connectivity index (χ3v) is 4.21. The summed E-state index contributed by atoms with van der Waals surface area (Å²) in [5, 5.41) is 3.88. The van der Waals surface area contributed by atoms with Gasteiger partial charge in [0, 0.05) is 6.42 Å². The van der Waals surface area contributed by atoms with E-state index in [0.29, 0.717) is 5.56 Å². The van der Waals surface area contributed by atoms with Gasteiger partial charge in [-0.3, -0.25) is 4.79 Å². The monoisotopic (exact) mass is 340 g/mol. The van der Waals surface area contributed by atoms with Crippen LogP contribution in [0, 0.1) is 0 Å². The Morgan fingerprint density at radius 1 is 1.12 bits per heavy atom. The van der Waals surface area contributed by atoms with Crippen LogP contribution in [0.3, 0.4) is 0 Å². The number of halogens is 4. The maximum atomic E-state index is 14.2. The van der Waals surface area contributed by atoms with Crippen molar-refractivity contribution in [1.82, 2.24) is 19.7 Å². The molecule has 1 aromatic heterocycles. The number of amides is 1. The zero-order valence-corrected chi connectivity index (χ0v) is 12.3. The first-order valence-corrected chi connectivity index (χ1v) is 7.34. The summed E-state index contributed by atoms with van der Waals surface area (Å²) < 4.78 is 55.2. The van der Waals surface area contributed by atoms with Gasteiger partial charge in [0.2, 0.25) is 5.82 Å². The second kappa shape index (κ2) is 4.78. The first kappa shape index (κ1) is 15.1. The van der Waals surface area contributed by atoms with Gasteiger partial charge in [-0.15, -0.1) is 5.10 Å². The smallest absolute Gasteiger partial charge is 0.308 e. The van der Waals surface area contributed by atoms with Crippen LogP contribution in [0.15, 0.2) is 30.3 Å². The van der Waals surface area contributed by atoms with Crippen molar-refractivity contribution >= 4 is 5.91 Å². The topological polar surface area (TPSA) is 51.0 Å². The molecule has 1 saturated heterocycles. The molecule has 9 heteroatoms. The summed E-state index contributed by atoms with van der Waals surface area (Å²) in [6.45, 7) is -1.48. The Morgan fingerprint density at radius 2 is 1.79 bits per heavy atom. The number of benzene rings is 1. The largest absolute Gasteiger partial charge is 0.324 e. The van der Waals surface area contributed by atoms with Gasteiger partial charge in [0.1, 0.15) is 0 Å². The van der Waals surface area contributed by atoms with Crippen molar-refractivity contribution in [3.05, 3.63) is 47.5 Å². The van der Waals surface area contributed by atoms with Crippen molar-refractivity contribution in [3.8, 4) is 0 Å². The van der Waals surface area contributed by atoms with Crippen molar-refractivity contribution in [1.29, 1.82) is 0 Å². The predicted octanol–water partition coefficient (Wildman–Crippen LogP) is 2.45. The molecule has 24 heavy (non-hydrogen) atoms. The molecule has 1 fully saturated rings. The Morgan fingerprint density at radius 3 is 2.42 bits per heavy atom. The lowest BCUT2D eigenvalue weighted by Crippen LogP contribution is -2.58. The molecular formula is C15H12F4N4O. The zero-order chi connectivity index (χ0) is 17.1. The molecule has 126 valence electrons. The Kier molecular flexibility index (Phi) is 3.01. The number of hydrogen-bond donors (Lipinski definition) is 0. The van der Waals surface area contributed by atoms with Gasteiger partial charge in [0.15, 0.2) is 5.82 Å². The minimum atomic E-state index is -3.23. The SMILES string of the molecule is O=C(c1nc2n(n1)[C@H](c1ccccc1)CC2(F)F)N1CC(F)(F)C1. The number of fused-ring (bicyclic) bond motifs is 1. The van der Waals surface area contributed by atoms with Crippen LogP contribution in [0.2, 0.25) is 0 Å². The Bertz CT molecular complexity index is 797. The number of alkyl halides is 4. The first-order chi connectivity index (χ1) is 11.3. The van der Waals surface area contributed by atoms with Crippen LogP contribution in [0.4, 0.5) is 17.6 Å². The lowest BCUT2D eigenvalue weighted by Gasteiger charge is -2.37.